The Morgan fingerprint density at radius 3 is 2.65 bits per heavy atom. The normalized spacial score (nSPS) is 14.5. The molecular formula is C13H16ClNO2. The van der Waals surface area contributed by atoms with Crippen LogP contribution in [0.25, 0.3) is 0 Å². The number of nitrogens with zero attached hydrogens (tertiary/aromatic N) is 1. The highest BCUT2D eigenvalue weighted by molar-refractivity contribution is 6.30. The number of benzene rings is 1. The van der Waals surface area contributed by atoms with Crippen LogP contribution >= 0.6 is 11.6 Å². The average Bonchev–Trinajstić information content (AvgIpc) is 3.11. The number of likely N-dealkylation sites (N-methyl/N-ethyl adjacent to an activating group) is 1. The first kappa shape index (κ1) is 12.2. The van der Waals surface area contributed by atoms with Gasteiger partial charge in [-0.15, -0.1) is 0 Å². The number of ether oxygens (including phenoxy) is 1. The molecule has 3 nitrogen and oxygen atoms in total. The highest BCUT2D eigenvalue weighted by atomic mass is 35.5. The fraction of sp³-hybridized carbons (Fsp3) is 0.462. The summed E-state index contributed by atoms with van der Waals surface area (Å²) >= 11 is 5.76. The molecule has 1 amide bonds. The van der Waals surface area contributed by atoms with Gasteiger partial charge in [0.15, 0.2) is 6.61 Å². The Morgan fingerprint density at radius 1 is 1.41 bits per heavy atom. The molecule has 0 saturated heterocycles. The largest absolute Gasteiger partial charge is 0.484 e. The molecule has 0 N–H and O–H groups in total. The predicted octanol–water partition coefficient (Wildman–Crippen LogP) is 2.59. The maximum absolute atomic E-state index is 11.7. The fourth-order valence-corrected chi connectivity index (χ4v) is 1.70. The molecule has 1 aromatic carbocycles. The summed E-state index contributed by atoms with van der Waals surface area (Å²) in [5, 5.41) is 0.662. The second-order valence-corrected chi connectivity index (χ2v) is 4.90. The molecule has 92 valence electrons. The van der Waals surface area contributed by atoms with Gasteiger partial charge in [-0.1, -0.05) is 11.6 Å². The molecule has 1 saturated carbocycles. The van der Waals surface area contributed by atoms with Gasteiger partial charge in [-0.2, -0.15) is 0 Å². The van der Waals surface area contributed by atoms with Crippen LogP contribution in [0.2, 0.25) is 5.02 Å². The van der Waals surface area contributed by atoms with Crippen molar-refractivity contribution in [3.05, 3.63) is 29.3 Å². The van der Waals surface area contributed by atoms with Crippen LogP contribution in [0.4, 0.5) is 0 Å². The summed E-state index contributed by atoms with van der Waals surface area (Å²) in [5.74, 6) is 1.40. The topological polar surface area (TPSA) is 29.5 Å². The van der Waals surface area contributed by atoms with Gasteiger partial charge in [-0.3, -0.25) is 4.79 Å². The molecule has 0 aliphatic heterocycles. The number of carbonyl (C=O) groups is 1. The predicted molar refractivity (Wildman–Crippen MR) is 67.3 cm³/mol. The lowest BCUT2D eigenvalue weighted by Gasteiger charge is -2.16. The van der Waals surface area contributed by atoms with Crippen molar-refractivity contribution in [2.75, 3.05) is 20.2 Å². The summed E-state index contributed by atoms with van der Waals surface area (Å²) in [6.45, 7) is 0.938. The monoisotopic (exact) mass is 253 g/mol. The van der Waals surface area contributed by atoms with Crippen LogP contribution in [-0.2, 0) is 4.79 Å². The van der Waals surface area contributed by atoms with Gasteiger partial charge >= 0.3 is 0 Å². The van der Waals surface area contributed by atoms with Crippen molar-refractivity contribution in [1.82, 2.24) is 4.90 Å². The van der Waals surface area contributed by atoms with Crippen LogP contribution < -0.4 is 4.74 Å². The lowest BCUT2D eigenvalue weighted by Crippen LogP contribution is -2.32. The molecule has 0 radical (unpaired) electrons. The Morgan fingerprint density at radius 2 is 2.06 bits per heavy atom. The number of hydrogen-bond acceptors (Lipinski definition) is 2. The minimum absolute atomic E-state index is 0.0202. The van der Waals surface area contributed by atoms with E-state index >= 15 is 0 Å². The molecular weight excluding hydrogens is 238 g/mol. The van der Waals surface area contributed by atoms with E-state index in [0.29, 0.717) is 16.7 Å². The first-order chi connectivity index (χ1) is 8.15. The lowest BCUT2D eigenvalue weighted by atomic mass is 10.3. The average molecular weight is 254 g/mol. The highest BCUT2D eigenvalue weighted by Gasteiger charge is 2.24. The Balaban J connectivity index is 1.76. The third kappa shape index (κ3) is 3.93. The summed E-state index contributed by atoms with van der Waals surface area (Å²) in [4.78, 5) is 13.5. The molecule has 0 atom stereocenters. The molecule has 2 rings (SSSR count). The van der Waals surface area contributed by atoms with Crippen molar-refractivity contribution in [2.45, 2.75) is 12.8 Å². The summed E-state index contributed by atoms with van der Waals surface area (Å²) in [6.07, 6.45) is 2.49. The maximum atomic E-state index is 11.7. The Kier molecular flexibility index (Phi) is 3.89. The summed E-state index contributed by atoms with van der Waals surface area (Å²) in [5.41, 5.74) is 0. The molecule has 0 bridgehead atoms. The highest BCUT2D eigenvalue weighted by Crippen LogP contribution is 2.29. The molecule has 1 aliphatic carbocycles. The van der Waals surface area contributed by atoms with Gasteiger partial charge in [-0.05, 0) is 43.0 Å². The smallest absolute Gasteiger partial charge is 0.260 e. The molecule has 1 fully saturated rings. The number of hydrogen-bond donors (Lipinski definition) is 0. The van der Waals surface area contributed by atoms with E-state index in [1.807, 2.05) is 7.05 Å². The van der Waals surface area contributed by atoms with Gasteiger partial charge in [-0.25, -0.2) is 0 Å². The van der Waals surface area contributed by atoms with E-state index in [1.54, 1.807) is 29.2 Å². The summed E-state index contributed by atoms with van der Waals surface area (Å²) in [6, 6.07) is 7.01. The third-order valence-electron chi connectivity index (χ3n) is 2.83. The van der Waals surface area contributed by atoms with Gasteiger partial charge < -0.3 is 9.64 Å². The van der Waals surface area contributed by atoms with E-state index in [-0.39, 0.29) is 12.5 Å². The Bertz CT molecular complexity index is 387. The van der Waals surface area contributed by atoms with Crippen LogP contribution in [0.3, 0.4) is 0 Å². The number of amides is 1. The summed E-state index contributed by atoms with van der Waals surface area (Å²) in [7, 11) is 1.83. The van der Waals surface area contributed by atoms with Crippen molar-refractivity contribution in [3.8, 4) is 5.75 Å². The van der Waals surface area contributed by atoms with Crippen LogP contribution in [-0.4, -0.2) is 31.0 Å². The molecule has 0 spiro atoms. The van der Waals surface area contributed by atoms with Crippen molar-refractivity contribution in [2.24, 2.45) is 5.92 Å². The van der Waals surface area contributed by atoms with Crippen LogP contribution in [0.1, 0.15) is 12.8 Å². The van der Waals surface area contributed by atoms with Gasteiger partial charge in [0.05, 0.1) is 0 Å². The zero-order chi connectivity index (χ0) is 12.3. The quantitative estimate of drug-likeness (QED) is 0.807. The number of halogens is 1. The minimum atomic E-state index is 0.0202. The molecule has 1 aromatic rings. The van der Waals surface area contributed by atoms with Crippen LogP contribution in [0.5, 0.6) is 5.75 Å². The first-order valence-electron chi connectivity index (χ1n) is 5.77. The fourth-order valence-electron chi connectivity index (χ4n) is 1.58. The molecule has 4 heteroatoms. The van der Waals surface area contributed by atoms with Gasteiger partial charge in [0.1, 0.15) is 5.75 Å². The van der Waals surface area contributed by atoms with E-state index in [9.17, 15) is 4.79 Å². The van der Waals surface area contributed by atoms with E-state index < -0.39 is 0 Å². The van der Waals surface area contributed by atoms with Crippen LogP contribution in [0, 0.1) is 5.92 Å². The first-order valence-corrected chi connectivity index (χ1v) is 6.15. The van der Waals surface area contributed by atoms with Crippen molar-refractivity contribution in [3.63, 3.8) is 0 Å². The maximum Gasteiger partial charge on any atom is 0.260 e. The Labute approximate surface area is 106 Å². The van der Waals surface area contributed by atoms with Crippen LogP contribution in [0.15, 0.2) is 24.3 Å². The van der Waals surface area contributed by atoms with Crippen molar-refractivity contribution in [1.29, 1.82) is 0 Å². The minimum Gasteiger partial charge on any atom is -0.484 e. The van der Waals surface area contributed by atoms with Gasteiger partial charge in [0.25, 0.3) is 5.91 Å². The lowest BCUT2D eigenvalue weighted by molar-refractivity contribution is -0.132. The molecule has 0 aromatic heterocycles. The zero-order valence-corrected chi connectivity index (χ0v) is 10.6. The van der Waals surface area contributed by atoms with Gasteiger partial charge in [0.2, 0.25) is 0 Å². The third-order valence-corrected chi connectivity index (χ3v) is 3.08. The van der Waals surface area contributed by atoms with Gasteiger partial charge in [0, 0.05) is 18.6 Å². The van der Waals surface area contributed by atoms with Crippen molar-refractivity contribution < 1.29 is 9.53 Å². The van der Waals surface area contributed by atoms with E-state index in [0.717, 1.165) is 6.54 Å². The standard InChI is InChI=1S/C13H16ClNO2/c1-15(8-10-2-3-10)13(16)9-17-12-6-4-11(14)5-7-12/h4-7,10H,2-3,8-9H2,1H3. The molecule has 17 heavy (non-hydrogen) atoms. The zero-order valence-electron chi connectivity index (χ0n) is 9.86. The number of carbonyl (C=O) groups excluding carboxylic acids is 1. The molecule has 0 heterocycles. The second-order valence-electron chi connectivity index (χ2n) is 4.46. The van der Waals surface area contributed by atoms with Crippen molar-refractivity contribution >= 4 is 17.5 Å². The molecule has 1 aliphatic rings. The number of rotatable bonds is 5. The second kappa shape index (κ2) is 5.41. The van der Waals surface area contributed by atoms with E-state index in [4.69, 9.17) is 16.3 Å². The molecule has 0 unspecified atom stereocenters. The Hall–Kier alpha value is -1.22. The van der Waals surface area contributed by atoms with E-state index in [2.05, 4.69) is 0 Å². The van der Waals surface area contributed by atoms with E-state index in [1.165, 1.54) is 12.8 Å². The SMILES string of the molecule is CN(CC1CC1)C(=O)COc1ccc(Cl)cc1. The summed E-state index contributed by atoms with van der Waals surface area (Å²) < 4.78 is 5.40.